The number of hydrogen-bond acceptors (Lipinski definition) is 8. The summed E-state index contributed by atoms with van der Waals surface area (Å²) in [5.41, 5.74) is -0.563. The fourth-order valence-electron chi connectivity index (χ4n) is 7.42. The number of benzene rings is 4. The first-order valence-electron chi connectivity index (χ1n) is 16.8. The Morgan fingerprint density at radius 2 is 1.33 bits per heavy atom. The Kier molecular flexibility index (Phi) is 10.8. The van der Waals surface area contributed by atoms with Crippen molar-refractivity contribution < 1.29 is 57.8 Å². The van der Waals surface area contributed by atoms with Crippen molar-refractivity contribution in [1.29, 1.82) is 0 Å². The minimum Gasteiger partial charge on any atom is -0.497 e. The third-order valence-corrected chi connectivity index (χ3v) is 14.6. The number of hydrogen-bond donors (Lipinski definition) is 0. The van der Waals surface area contributed by atoms with Crippen molar-refractivity contribution in [1.82, 2.24) is 4.31 Å². The molecule has 1 fully saturated rings. The van der Waals surface area contributed by atoms with Crippen LogP contribution >= 0.6 is 0 Å². The maximum absolute atomic E-state index is 15.9. The molecule has 3 atom stereocenters. The number of ketones is 1. The number of carbonyl (C=O) groups is 1. The summed E-state index contributed by atoms with van der Waals surface area (Å²) < 4.78 is 144. The van der Waals surface area contributed by atoms with E-state index in [1.54, 1.807) is 48.5 Å². The van der Waals surface area contributed by atoms with Gasteiger partial charge in [-0.15, -0.1) is 0 Å². The molecule has 1 heterocycles. The zero-order valence-electron chi connectivity index (χ0n) is 29.1. The van der Waals surface area contributed by atoms with E-state index in [0.29, 0.717) is 34.8 Å². The second-order valence-electron chi connectivity index (χ2n) is 13.2. The van der Waals surface area contributed by atoms with Crippen LogP contribution in [0.1, 0.15) is 41.5 Å². The highest BCUT2D eigenvalue weighted by atomic mass is 32.2. The number of sulfonamides is 1. The molecular formula is C38H36F5NO8S2. The summed E-state index contributed by atoms with van der Waals surface area (Å²) in [5, 5.41) is 0. The zero-order chi connectivity index (χ0) is 39.1. The molecule has 54 heavy (non-hydrogen) atoms. The molecule has 0 amide bonds. The summed E-state index contributed by atoms with van der Waals surface area (Å²) in [4.78, 5) is 13.1. The van der Waals surface area contributed by atoms with E-state index in [-0.39, 0.29) is 13.1 Å². The van der Waals surface area contributed by atoms with Gasteiger partial charge in [-0.1, -0.05) is 24.3 Å². The van der Waals surface area contributed by atoms with E-state index in [9.17, 15) is 34.8 Å². The van der Waals surface area contributed by atoms with Crippen LogP contribution in [0.15, 0.2) is 89.8 Å². The van der Waals surface area contributed by atoms with Gasteiger partial charge in [-0.25, -0.2) is 25.6 Å². The Balaban J connectivity index is 1.38. The molecular weight excluding hydrogens is 758 g/mol. The predicted molar refractivity (Wildman–Crippen MR) is 187 cm³/mol. The van der Waals surface area contributed by atoms with Gasteiger partial charge >= 0.3 is 6.18 Å². The first kappa shape index (κ1) is 39.2. The van der Waals surface area contributed by atoms with E-state index in [1.165, 1.54) is 18.5 Å². The van der Waals surface area contributed by atoms with Gasteiger partial charge in [0.1, 0.15) is 27.8 Å². The molecule has 0 radical (unpaired) electrons. The van der Waals surface area contributed by atoms with Crippen LogP contribution in [-0.4, -0.2) is 53.5 Å². The molecule has 0 aromatic heterocycles. The van der Waals surface area contributed by atoms with E-state index >= 15 is 8.78 Å². The molecule has 9 nitrogen and oxygen atoms in total. The average molecular weight is 794 g/mol. The number of rotatable bonds is 12. The molecule has 1 aliphatic heterocycles. The Labute approximate surface area is 309 Å². The topological polar surface area (TPSA) is 116 Å². The van der Waals surface area contributed by atoms with Crippen LogP contribution in [0.4, 0.5) is 22.0 Å². The Morgan fingerprint density at radius 3 is 1.85 bits per heavy atom. The van der Waals surface area contributed by atoms with E-state index in [1.807, 2.05) is 0 Å². The van der Waals surface area contributed by atoms with Gasteiger partial charge < -0.3 is 14.2 Å². The minimum absolute atomic E-state index is 0.0758. The third-order valence-electron chi connectivity index (χ3n) is 10.2. The number of fused-ring (bicyclic) bond motifs is 3. The lowest BCUT2D eigenvalue weighted by Crippen LogP contribution is -2.56. The smallest absolute Gasteiger partial charge is 0.416 e. The molecule has 1 saturated carbocycles. The molecule has 0 N–H and O–H groups in total. The van der Waals surface area contributed by atoms with Crippen molar-refractivity contribution in [3.05, 3.63) is 119 Å². The van der Waals surface area contributed by atoms with Gasteiger partial charge in [0.05, 0.1) is 42.6 Å². The van der Waals surface area contributed by atoms with Crippen molar-refractivity contribution in [3.8, 4) is 17.2 Å². The largest absolute Gasteiger partial charge is 0.497 e. The summed E-state index contributed by atoms with van der Waals surface area (Å²) in [6.45, 7) is -0.758. The highest BCUT2D eigenvalue weighted by Gasteiger charge is 2.62. The molecule has 0 spiro atoms. The molecule has 0 unspecified atom stereocenters. The van der Waals surface area contributed by atoms with Crippen molar-refractivity contribution in [3.63, 3.8) is 0 Å². The standard InChI is InChI=1S/C38H36F5NO8S2/c1-50-27-9-3-24(4-10-27)21-44(22-25-5-11-28(51-2)12-6-25)53(46,47)20-18-30-31-23-52-36-33(40)16-15-32(39)35(36)37(31,19-17-34(30)45)54(48,49)29-13-7-26(8-14-29)38(41,42)43/h3-16,30-31H,17-23H2,1-2H3/t30-,31-,37-/m0/s1. The van der Waals surface area contributed by atoms with Gasteiger partial charge in [-0.3, -0.25) is 4.79 Å². The van der Waals surface area contributed by atoms with Gasteiger partial charge in [0.2, 0.25) is 10.0 Å². The fraction of sp³-hybridized carbons (Fsp3) is 0.342. The van der Waals surface area contributed by atoms with Gasteiger partial charge in [0.15, 0.2) is 21.4 Å². The zero-order valence-corrected chi connectivity index (χ0v) is 30.7. The molecule has 2 aliphatic rings. The number of carbonyl (C=O) groups excluding carboxylic acids is 1. The molecule has 288 valence electrons. The summed E-state index contributed by atoms with van der Waals surface area (Å²) >= 11 is 0. The molecule has 0 saturated heterocycles. The average Bonchev–Trinajstić information content (AvgIpc) is 3.15. The van der Waals surface area contributed by atoms with Gasteiger partial charge in [0, 0.05) is 31.3 Å². The molecule has 16 heteroatoms. The summed E-state index contributed by atoms with van der Waals surface area (Å²) in [7, 11) is -6.14. The van der Waals surface area contributed by atoms with Gasteiger partial charge in [-0.2, -0.15) is 17.5 Å². The number of alkyl halides is 3. The van der Waals surface area contributed by atoms with E-state index in [2.05, 4.69) is 0 Å². The minimum atomic E-state index is -4.90. The normalized spacial score (nSPS) is 20.2. The highest BCUT2D eigenvalue weighted by molar-refractivity contribution is 7.92. The summed E-state index contributed by atoms with van der Waals surface area (Å²) in [5.74, 6) is -5.71. The van der Waals surface area contributed by atoms with Gasteiger partial charge in [0.25, 0.3) is 0 Å². The number of Topliss-reactive ketones (excluding diaryl/α,β-unsaturated/α-hetero) is 1. The van der Waals surface area contributed by atoms with Crippen molar-refractivity contribution in [2.45, 2.75) is 48.2 Å². The van der Waals surface area contributed by atoms with Crippen molar-refractivity contribution in [2.24, 2.45) is 11.8 Å². The monoisotopic (exact) mass is 793 g/mol. The van der Waals surface area contributed by atoms with Crippen LogP contribution in [0.3, 0.4) is 0 Å². The Morgan fingerprint density at radius 1 is 0.796 bits per heavy atom. The number of halogens is 5. The van der Waals surface area contributed by atoms with Crippen molar-refractivity contribution in [2.75, 3.05) is 26.6 Å². The second kappa shape index (κ2) is 14.9. The first-order chi connectivity index (χ1) is 25.5. The lowest BCUT2D eigenvalue weighted by molar-refractivity contribution is -0.137. The second-order valence-corrected chi connectivity index (χ2v) is 17.5. The molecule has 4 aromatic rings. The molecule has 6 rings (SSSR count). The maximum Gasteiger partial charge on any atom is 0.416 e. The van der Waals surface area contributed by atoms with Crippen LogP contribution in [0.25, 0.3) is 0 Å². The van der Waals surface area contributed by atoms with Gasteiger partial charge in [-0.05, 0) is 84.6 Å². The SMILES string of the molecule is COc1ccc(CN(Cc2ccc(OC)cc2)S(=O)(=O)CC[C@@H]2C(=O)CC[C@@]3(S(=O)(=O)c4ccc(C(F)(F)F)cc4)c4c(F)ccc(F)c4OC[C@@H]23)cc1. The predicted octanol–water partition coefficient (Wildman–Crippen LogP) is 7.08. The Hall–Kier alpha value is -4.54. The lowest BCUT2D eigenvalue weighted by atomic mass is 9.66. The van der Waals surface area contributed by atoms with E-state index in [4.69, 9.17) is 14.2 Å². The maximum atomic E-state index is 15.9. The fourth-order valence-corrected chi connectivity index (χ4v) is 11.3. The van der Waals surface area contributed by atoms with Crippen LogP contribution in [0, 0.1) is 23.5 Å². The van der Waals surface area contributed by atoms with Crippen LogP contribution in [-0.2, 0) is 48.7 Å². The van der Waals surface area contributed by atoms with Crippen LogP contribution in [0.2, 0.25) is 0 Å². The molecule has 0 bridgehead atoms. The summed E-state index contributed by atoms with van der Waals surface area (Å²) in [6, 6.07) is 17.6. The third kappa shape index (κ3) is 7.30. The first-order valence-corrected chi connectivity index (χ1v) is 19.9. The number of sulfone groups is 1. The van der Waals surface area contributed by atoms with Crippen LogP contribution in [0.5, 0.6) is 17.2 Å². The molecule has 4 aromatic carbocycles. The number of ether oxygens (including phenoxy) is 3. The van der Waals surface area contributed by atoms with Crippen molar-refractivity contribution >= 4 is 25.6 Å². The number of nitrogens with zero attached hydrogens (tertiary/aromatic N) is 1. The van der Waals surface area contributed by atoms with Crippen LogP contribution < -0.4 is 14.2 Å². The van der Waals surface area contributed by atoms with E-state index in [0.717, 1.165) is 24.3 Å². The Bertz CT molecular complexity index is 2180. The summed E-state index contributed by atoms with van der Waals surface area (Å²) in [6.07, 6.45) is -6.20. The number of methoxy groups -OCH3 is 2. The lowest BCUT2D eigenvalue weighted by Gasteiger charge is -2.49. The quantitative estimate of drug-likeness (QED) is 0.140. The highest BCUT2D eigenvalue weighted by Crippen LogP contribution is 2.58. The molecule has 1 aliphatic carbocycles. The van der Waals surface area contributed by atoms with E-state index < -0.39 is 113 Å².